The molecule has 0 saturated carbocycles. The van der Waals surface area contributed by atoms with E-state index >= 15 is 0 Å². The first-order chi connectivity index (χ1) is 18.6. The fourth-order valence-corrected chi connectivity index (χ4v) is 3.74. The number of hydrogen-bond donors (Lipinski definition) is 10. The van der Waals surface area contributed by atoms with E-state index < -0.39 is 47.9 Å². The number of thiol groups is 1. The zero-order chi connectivity index (χ0) is 28.8. The maximum absolute atomic E-state index is 13.4. The fourth-order valence-electron chi connectivity index (χ4n) is 3.57. The minimum absolute atomic E-state index is 0.0148. The number of benzene rings is 1. The highest BCUT2D eigenvalue weighted by Gasteiger charge is 2.30. The molecule has 4 atom stereocenters. The van der Waals surface area contributed by atoms with Crippen LogP contribution in [0.3, 0.4) is 0 Å². The van der Waals surface area contributed by atoms with Crippen molar-refractivity contribution in [3.05, 3.63) is 54.1 Å². The van der Waals surface area contributed by atoms with Gasteiger partial charge in [0.1, 0.15) is 18.1 Å². The number of amides is 3. The van der Waals surface area contributed by atoms with E-state index in [4.69, 9.17) is 16.9 Å². The summed E-state index contributed by atoms with van der Waals surface area (Å²) in [5, 5.41) is 27.1. The van der Waals surface area contributed by atoms with Crippen LogP contribution >= 0.6 is 12.6 Å². The highest BCUT2D eigenvalue weighted by atomic mass is 32.1. The molecule has 0 aliphatic heterocycles. The van der Waals surface area contributed by atoms with Crippen LogP contribution in [-0.4, -0.2) is 81.2 Å². The average molecular weight is 562 g/mol. The van der Waals surface area contributed by atoms with Gasteiger partial charge in [-0.2, -0.15) is 12.6 Å². The van der Waals surface area contributed by atoms with E-state index in [0.29, 0.717) is 12.1 Å². The first-order valence-electron chi connectivity index (χ1n) is 12.2. The number of rotatable bonds is 16. The lowest BCUT2D eigenvalue weighted by Crippen LogP contribution is -2.58. The van der Waals surface area contributed by atoms with Crippen LogP contribution in [0.25, 0.3) is 0 Å². The molecule has 0 unspecified atom stereocenters. The van der Waals surface area contributed by atoms with Gasteiger partial charge in [0.05, 0.1) is 18.1 Å². The number of aromatic nitrogens is 2. The molecule has 14 nitrogen and oxygen atoms in total. The molecule has 3 amide bonds. The minimum atomic E-state index is -1.25. The molecule has 0 aliphatic carbocycles. The third-order valence-corrected chi connectivity index (χ3v) is 6.04. The van der Waals surface area contributed by atoms with Crippen LogP contribution in [0, 0.1) is 5.41 Å². The lowest BCUT2D eigenvalue weighted by Gasteiger charge is -2.25. The maximum atomic E-state index is 13.4. The predicted molar refractivity (Wildman–Crippen MR) is 147 cm³/mol. The summed E-state index contributed by atoms with van der Waals surface area (Å²) in [6.07, 6.45) is 3.45. The molecule has 2 aromatic rings. The first kappa shape index (κ1) is 31.1. The van der Waals surface area contributed by atoms with Crippen LogP contribution in [0.4, 0.5) is 0 Å². The summed E-state index contributed by atoms with van der Waals surface area (Å²) >= 11 is 4.02. The fraction of sp³-hybridized carbons (Fsp3) is 0.417. The van der Waals surface area contributed by atoms with Gasteiger partial charge in [0.25, 0.3) is 0 Å². The molecule has 1 aromatic carbocycles. The van der Waals surface area contributed by atoms with Crippen molar-refractivity contribution >= 4 is 42.3 Å². The van der Waals surface area contributed by atoms with Crippen LogP contribution in [0.2, 0.25) is 0 Å². The maximum Gasteiger partial charge on any atom is 0.326 e. The number of carboxylic acid groups (broad SMARTS) is 1. The Hall–Kier alpha value is -4.11. The molecule has 2 rings (SSSR count). The van der Waals surface area contributed by atoms with Gasteiger partial charge in [-0.15, -0.1) is 0 Å². The van der Waals surface area contributed by atoms with E-state index in [1.165, 1.54) is 6.33 Å². The van der Waals surface area contributed by atoms with Gasteiger partial charge >= 0.3 is 5.97 Å². The Morgan fingerprint density at radius 3 is 2.18 bits per heavy atom. The molecule has 0 fully saturated rings. The van der Waals surface area contributed by atoms with Crippen LogP contribution < -0.4 is 32.7 Å². The van der Waals surface area contributed by atoms with Gasteiger partial charge in [-0.25, -0.2) is 9.78 Å². The van der Waals surface area contributed by atoms with Crippen molar-refractivity contribution in [1.82, 2.24) is 31.2 Å². The molecule has 39 heavy (non-hydrogen) atoms. The Morgan fingerprint density at radius 1 is 1.00 bits per heavy atom. The number of aromatic amines is 1. The molecule has 212 valence electrons. The predicted octanol–water partition coefficient (Wildman–Crippen LogP) is -1.75. The Morgan fingerprint density at radius 2 is 1.62 bits per heavy atom. The van der Waals surface area contributed by atoms with E-state index in [-0.39, 0.29) is 37.5 Å². The molecule has 1 aromatic heterocycles. The van der Waals surface area contributed by atoms with Crippen molar-refractivity contribution in [1.29, 1.82) is 5.41 Å². The molecular weight excluding hydrogens is 526 g/mol. The van der Waals surface area contributed by atoms with Gasteiger partial charge in [0.15, 0.2) is 5.96 Å². The summed E-state index contributed by atoms with van der Waals surface area (Å²) in [6, 6.07) is 4.40. The zero-order valence-corrected chi connectivity index (χ0v) is 22.1. The summed E-state index contributed by atoms with van der Waals surface area (Å²) in [4.78, 5) is 57.7. The minimum Gasteiger partial charge on any atom is -0.480 e. The number of guanidine groups is 1. The van der Waals surface area contributed by atoms with Crippen LogP contribution in [0.5, 0.6) is 0 Å². The van der Waals surface area contributed by atoms with Gasteiger partial charge in [-0.1, -0.05) is 30.3 Å². The summed E-state index contributed by atoms with van der Waals surface area (Å²) < 4.78 is 0. The van der Waals surface area contributed by atoms with Crippen molar-refractivity contribution in [2.75, 3.05) is 12.3 Å². The molecule has 15 heteroatoms. The number of imidazole rings is 1. The molecule has 1 heterocycles. The van der Waals surface area contributed by atoms with E-state index in [1.54, 1.807) is 36.5 Å². The topological polar surface area (TPSA) is 241 Å². The summed E-state index contributed by atoms with van der Waals surface area (Å²) in [7, 11) is 0. The zero-order valence-electron chi connectivity index (χ0n) is 21.2. The van der Waals surface area contributed by atoms with Gasteiger partial charge in [0, 0.05) is 31.3 Å². The molecule has 11 N–H and O–H groups in total. The number of carboxylic acids is 1. The second-order valence-corrected chi connectivity index (χ2v) is 9.11. The van der Waals surface area contributed by atoms with Crippen molar-refractivity contribution < 1.29 is 24.3 Å². The summed E-state index contributed by atoms with van der Waals surface area (Å²) in [5.41, 5.74) is 12.2. The van der Waals surface area contributed by atoms with Gasteiger partial charge in [-0.3, -0.25) is 19.8 Å². The summed E-state index contributed by atoms with van der Waals surface area (Å²) in [5.74, 6) is -3.43. The quantitative estimate of drug-likeness (QED) is 0.0483. The number of nitrogens with two attached hydrogens (primary N) is 2. The van der Waals surface area contributed by atoms with Gasteiger partial charge in [0.2, 0.25) is 17.7 Å². The molecule has 0 radical (unpaired) electrons. The second kappa shape index (κ2) is 16.0. The van der Waals surface area contributed by atoms with Crippen molar-refractivity contribution in [2.24, 2.45) is 11.5 Å². The van der Waals surface area contributed by atoms with Gasteiger partial charge in [-0.05, 0) is 18.4 Å². The Kier molecular flexibility index (Phi) is 12.8. The third-order valence-electron chi connectivity index (χ3n) is 5.65. The number of aliphatic carboxylic acids is 1. The van der Waals surface area contributed by atoms with Crippen molar-refractivity contribution in [2.45, 2.75) is 49.9 Å². The molecular formula is C24H35N9O5S. The van der Waals surface area contributed by atoms with Crippen molar-refractivity contribution in [3.8, 4) is 0 Å². The smallest absolute Gasteiger partial charge is 0.326 e. The number of H-pyrrole nitrogens is 1. The van der Waals surface area contributed by atoms with Crippen LogP contribution in [0.1, 0.15) is 24.1 Å². The van der Waals surface area contributed by atoms with E-state index in [9.17, 15) is 24.3 Å². The van der Waals surface area contributed by atoms with E-state index in [1.807, 2.05) is 0 Å². The Labute approximate surface area is 231 Å². The lowest BCUT2D eigenvalue weighted by atomic mass is 10.0. The standard InChI is InChI=1S/C24H35N9O5S/c25-16(12-39)20(34)32-19(10-15-11-28-13-30-15)22(36)33-18(9-14-5-2-1-3-6-14)21(35)31-17(23(37)38)7-4-8-29-24(26)27/h1-3,5-6,11,13,16-19,39H,4,7-10,12,25H2,(H,28,30)(H,31,35)(H,32,34)(H,33,36)(H,37,38)(H4,26,27,29)/t16-,17-,18-,19-/m0/s1. The summed E-state index contributed by atoms with van der Waals surface area (Å²) in [6.45, 7) is 0.252. The molecule has 0 saturated heterocycles. The number of nitrogens with zero attached hydrogens (tertiary/aromatic N) is 1. The molecule has 0 bridgehead atoms. The second-order valence-electron chi connectivity index (χ2n) is 8.75. The number of carbonyl (C=O) groups excluding carboxylic acids is 3. The highest BCUT2D eigenvalue weighted by molar-refractivity contribution is 7.80. The third kappa shape index (κ3) is 11.0. The van der Waals surface area contributed by atoms with E-state index in [2.05, 4.69) is 43.9 Å². The van der Waals surface area contributed by atoms with Crippen LogP contribution in [-0.2, 0) is 32.0 Å². The lowest BCUT2D eigenvalue weighted by molar-refractivity contribution is -0.142. The average Bonchev–Trinajstić information content (AvgIpc) is 3.42. The van der Waals surface area contributed by atoms with Crippen molar-refractivity contribution in [3.63, 3.8) is 0 Å². The highest BCUT2D eigenvalue weighted by Crippen LogP contribution is 2.07. The van der Waals surface area contributed by atoms with Gasteiger partial charge < -0.3 is 42.8 Å². The SMILES string of the molecule is N=C(N)NCCC[C@H](NC(=O)[C@H](Cc1ccccc1)NC(=O)[C@H](Cc1c[nH]cn1)NC(=O)[C@@H](N)CS)C(=O)O. The number of carbonyl (C=O) groups is 4. The van der Waals surface area contributed by atoms with E-state index in [0.717, 1.165) is 5.56 Å². The first-order valence-corrected chi connectivity index (χ1v) is 12.8. The number of hydrogen-bond acceptors (Lipinski definition) is 8. The molecule has 0 aliphatic rings. The Balaban J connectivity index is 2.21. The Bertz CT molecular complexity index is 1100. The number of nitrogens with one attached hydrogen (secondary N) is 6. The largest absolute Gasteiger partial charge is 0.480 e. The molecule has 0 spiro atoms. The van der Waals surface area contributed by atoms with Crippen LogP contribution in [0.15, 0.2) is 42.9 Å². The monoisotopic (exact) mass is 561 g/mol. The normalized spacial score (nSPS) is 13.8.